The van der Waals surface area contributed by atoms with Gasteiger partial charge >= 0.3 is 0 Å². The standard InChI is InChI=1S/C23H37N3O4/c1-24-23(26-9-6-21(16-26)17-29-13-12-27-2)25-15-19-4-3-5-20(14-19)18-30-22-7-10-28-11-8-22/h3-5,14,21-22H,6-13,15-18H2,1-2H3,(H,24,25). The lowest BCUT2D eigenvalue weighted by Crippen LogP contribution is -2.39. The van der Waals surface area contributed by atoms with E-state index in [9.17, 15) is 0 Å². The summed E-state index contributed by atoms with van der Waals surface area (Å²) in [5.74, 6) is 1.50. The maximum absolute atomic E-state index is 6.06. The van der Waals surface area contributed by atoms with E-state index in [0.717, 1.165) is 64.7 Å². The van der Waals surface area contributed by atoms with E-state index in [2.05, 4.69) is 39.5 Å². The molecule has 30 heavy (non-hydrogen) atoms. The van der Waals surface area contributed by atoms with E-state index < -0.39 is 0 Å². The second-order valence-electron chi connectivity index (χ2n) is 8.01. The number of likely N-dealkylation sites (tertiary alicyclic amines) is 1. The Labute approximate surface area is 180 Å². The third-order valence-electron chi connectivity index (χ3n) is 5.68. The first-order chi connectivity index (χ1) is 14.8. The summed E-state index contributed by atoms with van der Waals surface area (Å²) >= 11 is 0. The number of ether oxygens (including phenoxy) is 4. The quantitative estimate of drug-likeness (QED) is 0.357. The molecule has 1 N–H and O–H groups in total. The molecule has 0 aliphatic carbocycles. The van der Waals surface area contributed by atoms with E-state index in [1.165, 1.54) is 11.1 Å². The molecule has 2 aliphatic rings. The lowest BCUT2D eigenvalue weighted by molar-refractivity contribution is -0.0390. The van der Waals surface area contributed by atoms with Crippen molar-refractivity contribution in [2.75, 3.05) is 60.3 Å². The van der Waals surface area contributed by atoms with Crippen molar-refractivity contribution < 1.29 is 18.9 Å². The maximum Gasteiger partial charge on any atom is 0.193 e. The number of methoxy groups -OCH3 is 1. The fourth-order valence-electron chi connectivity index (χ4n) is 3.95. The minimum Gasteiger partial charge on any atom is -0.382 e. The van der Waals surface area contributed by atoms with Crippen molar-refractivity contribution in [2.45, 2.75) is 38.5 Å². The summed E-state index contributed by atoms with van der Waals surface area (Å²) in [5, 5.41) is 3.52. The zero-order valence-corrected chi connectivity index (χ0v) is 18.5. The molecule has 1 aromatic carbocycles. The maximum atomic E-state index is 6.06. The highest BCUT2D eigenvalue weighted by molar-refractivity contribution is 5.80. The van der Waals surface area contributed by atoms with Crippen LogP contribution in [0, 0.1) is 5.92 Å². The Balaban J connectivity index is 1.41. The lowest BCUT2D eigenvalue weighted by Gasteiger charge is -2.23. The van der Waals surface area contributed by atoms with Gasteiger partial charge in [0.25, 0.3) is 0 Å². The molecule has 0 saturated carbocycles. The average molecular weight is 420 g/mol. The van der Waals surface area contributed by atoms with Crippen LogP contribution in [0.5, 0.6) is 0 Å². The minimum atomic E-state index is 0.320. The number of rotatable bonds is 10. The number of aliphatic imine (C=N–C) groups is 1. The molecule has 2 saturated heterocycles. The van der Waals surface area contributed by atoms with Crippen LogP contribution in [0.4, 0.5) is 0 Å². The van der Waals surface area contributed by atoms with Crippen molar-refractivity contribution in [3.8, 4) is 0 Å². The van der Waals surface area contributed by atoms with Crippen LogP contribution in [0.1, 0.15) is 30.4 Å². The van der Waals surface area contributed by atoms with E-state index in [0.29, 0.717) is 31.8 Å². The van der Waals surface area contributed by atoms with Gasteiger partial charge in [-0.05, 0) is 30.4 Å². The Bertz CT molecular complexity index is 649. The Morgan fingerprint density at radius 1 is 1.20 bits per heavy atom. The third-order valence-corrected chi connectivity index (χ3v) is 5.68. The van der Waals surface area contributed by atoms with Gasteiger partial charge in [-0.3, -0.25) is 4.99 Å². The van der Waals surface area contributed by atoms with Gasteiger partial charge in [0.05, 0.1) is 32.5 Å². The highest BCUT2D eigenvalue weighted by Crippen LogP contribution is 2.17. The van der Waals surface area contributed by atoms with Crippen LogP contribution >= 0.6 is 0 Å². The summed E-state index contributed by atoms with van der Waals surface area (Å²) < 4.78 is 22.2. The highest BCUT2D eigenvalue weighted by atomic mass is 16.5. The predicted molar refractivity (Wildman–Crippen MR) is 118 cm³/mol. The topological polar surface area (TPSA) is 64.6 Å². The van der Waals surface area contributed by atoms with E-state index in [4.69, 9.17) is 18.9 Å². The van der Waals surface area contributed by atoms with Crippen LogP contribution in [-0.2, 0) is 32.1 Å². The van der Waals surface area contributed by atoms with E-state index in [1.54, 1.807) is 7.11 Å². The summed E-state index contributed by atoms with van der Waals surface area (Å²) in [6.07, 6.45) is 3.44. The Hall–Kier alpha value is -1.67. The number of nitrogens with one attached hydrogen (secondary N) is 1. The zero-order valence-electron chi connectivity index (χ0n) is 18.5. The summed E-state index contributed by atoms with van der Waals surface area (Å²) in [4.78, 5) is 6.81. The molecule has 3 rings (SSSR count). The molecule has 1 unspecified atom stereocenters. The van der Waals surface area contributed by atoms with Crippen molar-refractivity contribution in [3.05, 3.63) is 35.4 Å². The fraction of sp³-hybridized carbons (Fsp3) is 0.696. The van der Waals surface area contributed by atoms with E-state index in [1.807, 2.05) is 7.05 Å². The zero-order chi connectivity index (χ0) is 21.0. The number of hydrogen-bond donors (Lipinski definition) is 1. The third kappa shape index (κ3) is 7.54. The summed E-state index contributed by atoms with van der Waals surface area (Å²) in [6.45, 7) is 7.12. The Kier molecular flexibility index (Phi) is 9.89. The van der Waals surface area contributed by atoms with Gasteiger partial charge in [0, 0.05) is 52.9 Å². The normalized spacial score (nSPS) is 20.7. The molecule has 0 amide bonds. The van der Waals surface area contributed by atoms with Crippen molar-refractivity contribution in [1.82, 2.24) is 10.2 Å². The van der Waals surface area contributed by atoms with Crippen LogP contribution in [-0.4, -0.2) is 77.2 Å². The number of hydrogen-bond acceptors (Lipinski definition) is 5. The van der Waals surface area contributed by atoms with E-state index >= 15 is 0 Å². The predicted octanol–water partition coefficient (Wildman–Crippen LogP) is 2.44. The van der Waals surface area contributed by atoms with E-state index in [-0.39, 0.29) is 0 Å². The monoisotopic (exact) mass is 419 g/mol. The first-order valence-corrected chi connectivity index (χ1v) is 11.1. The van der Waals surface area contributed by atoms with Crippen molar-refractivity contribution in [3.63, 3.8) is 0 Å². The van der Waals surface area contributed by atoms with Crippen LogP contribution in [0.3, 0.4) is 0 Å². The van der Waals surface area contributed by atoms with Gasteiger partial charge in [-0.25, -0.2) is 0 Å². The molecule has 0 radical (unpaired) electrons. The largest absolute Gasteiger partial charge is 0.382 e. The molecule has 168 valence electrons. The molecular formula is C23H37N3O4. The molecule has 0 aromatic heterocycles. The van der Waals surface area contributed by atoms with Gasteiger partial charge in [-0.15, -0.1) is 0 Å². The van der Waals surface area contributed by atoms with Crippen LogP contribution in [0.2, 0.25) is 0 Å². The fourth-order valence-corrected chi connectivity index (χ4v) is 3.95. The molecular weight excluding hydrogens is 382 g/mol. The van der Waals surface area contributed by atoms with Gasteiger partial charge in [0.1, 0.15) is 0 Å². The van der Waals surface area contributed by atoms with Gasteiger partial charge in [-0.1, -0.05) is 24.3 Å². The first-order valence-electron chi connectivity index (χ1n) is 11.1. The molecule has 2 heterocycles. The molecule has 0 spiro atoms. The van der Waals surface area contributed by atoms with Crippen molar-refractivity contribution in [1.29, 1.82) is 0 Å². The van der Waals surface area contributed by atoms with Crippen molar-refractivity contribution in [2.24, 2.45) is 10.9 Å². The molecule has 1 atom stereocenters. The number of nitrogens with zero attached hydrogens (tertiary/aromatic N) is 2. The summed E-state index contributed by atoms with van der Waals surface area (Å²) in [6, 6.07) is 8.60. The lowest BCUT2D eigenvalue weighted by atomic mass is 10.1. The smallest absolute Gasteiger partial charge is 0.193 e. The van der Waals surface area contributed by atoms with Gasteiger partial charge < -0.3 is 29.2 Å². The number of benzene rings is 1. The molecule has 7 heteroatoms. The molecule has 7 nitrogen and oxygen atoms in total. The molecule has 2 fully saturated rings. The SMILES string of the molecule is CN=C(NCc1cccc(COC2CCOCC2)c1)N1CCC(COCCOC)C1. The average Bonchev–Trinajstić information content (AvgIpc) is 3.25. The molecule has 2 aliphatic heterocycles. The van der Waals surface area contributed by atoms with Crippen LogP contribution in [0.15, 0.2) is 29.3 Å². The first kappa shape index (κ1) is 23.0. The summed E-state index contributed by atoms with van der Waals surface area (Å²) in [7, 11) is 3.55. The van der Waals surface area contributed by atoms with Gasteiger partial charge in [0.2, 0.25) is 0 Å². The second kappa shape index (κ2) is 12.9. The molecule has 0 bridgehead atoms. The Morgan fingerprint density at radius 3 is 2.83 bits per heavy atom. The second-order valence-corrected chi connectivity index (χ2v) is 8.01. The van der Waals surface area contributed by atoms with Gasteiger partial charge in [0.15, 0.2) is 5.96 Å². The molecule has 1 aromatic rings. The van der Waals surface area contributed by atoms with Crippen LogP contribution < -0.4 is 5.32 Å². The Morgan fingerprint density at radius 2 is 2.03 bits per heavy atom. The van der Waals surface area contributed by atoms with Crippen LogP contribution in [0.25, 0.3) is 0 Å². The highest BCUT2D eigenvalue weighted by Gasteiger charge is 2.24. The van der Waals surface area contributed by atoms with Gasteiger partial charge in [-0.2, -0.15) is 0 Å². The number of guanidine groups is 1. The minimum absolute atomic E-state index is 0.320. The van der Waals surface area contributed by atoms with Crippen molar-refractivity contribution >= 4 is 5.96 Å². The summed E-state index contributed by atoms with van der Waals surface area (Å²) in [5.41, 5.74) is 2.45.